The van der Waals surface area contributed by atoms with E-state index in [0.717, 1.165) is 23.8 Å². The SMILES string of the molecule is CC(C)(C)SC(=S)N1CC=CCC1. The van der Waals surface area contributed by atoms with Crippen molar-refractivity contribution in [1.82, 2.24) is 4.90 Å². The van der Waals surface area contributed by atoms with Gasteiger partial charge in [0.05, 0.1) is 0 Å². The molecule has 1 rings (SSSR count). The van der Waals surface area contributed by atoms with Gasteiger partial charge < -0.3 is 4.90 Å². The Kier molecular flexibility index (Phi) is 3.80. The van der Waals surface area contributed by atoms with Crippen LogP contribution >= 0.6 is 24.0 Å². The first-order valence-electron chi connectivity index (χ1n) is 4.62. The van der Waals surface area contributed by atoms with Crippen molar-refractivity contribution in [3.05, 3.63) is 12.2 Å². The number of hydrogen-bond donors (Lipinski definition) is 0. The van der Waals surface area contributed by atoms with Crippen LogP contribution in [-0.4, -0.2) is 27.1 Å². The van der Waals surface area contributed by atoms with Gasteiger partial charge in [0.2, 0.25) is 0 Å². The molecule has 0 N–H and O–H groups in total. The van der Waals surface area contributed by atoms with Gasteiger partial charge in [-0.05, 0) is 6.42 Å². The molecule has 0 radical (unpaired) electrons. The fourth-order valence-electron chi connectivity index (χ4n) is 1.13. The summed E-state index contributed by atoms with van der Waals surface area (Å²) in [5, 5.41) is 0. The van der Waals surface area contributed by atoms with E-state index in [4.69, 9.17) is 12.2 Å². The molecule has 0 spiro atoms. The number of thiocarbonyl (C=S) groups is 1. The highest BCUT2D eigenvalue weighted by atomic mass is 32.2. The van der Waals surface area contributed by atoms with Crippen LogP contribution in [0.25, 0.3) is 0 Å². The number of rotatable bonds is 0. The molecule has 1 aliphatic rings. The highest BCUT2D eigenvalue weighted by molar-refractivity contribution is 8.23. The maximum absolute atomic E-state index is 5.38. The van der Waals surface area contributed by atoms with Gasteiger partial charge in [0.1, 0.15) is 4.32 Å². The van der Waals surface area contributed by atoms with Crippen LogP contribution in [0.3, 0.4) is 0 Å². The van der Waals surface area contributed by atoms with Gasteiger partial charge in [0, 0.05) is 17.8 Å². The van der Waals surface area contributed by atoms with E-state index >= 15 is 0 Å². The molecule has 13 heavy (non-hydrogen) atoms. The Morgan fingerprint density at radius 3 is 2.54 bits per heavy atom. The number of thioether (sulfide) groups is 1. The van der Waals surface area contributed by atoms with E-state index in [2.05, 4.69) is 37.8 Å². The van der Waals surface area contributed by atoms with Gasteiger partial charge in [-0.1, -0.05) is 56.9 Å². The van der Waals surface area contributed by atoms with E-state index < -0.39 is 0 Å². The second kappa shape index (κ2) is 4.47. The van der Waals surface area contributed by atoms with Crippen LogP contribution in [0, 0.1) is 0 Å². The summed E-state index contributed by atoms with van der Waals surface area (Å²) in [4.78, 5) is 2.27. The molecular formula is C10H17NS2. The smallest absolute Gasteiger partial charge is 0.137 e. The number of nitrogens with zero attached hydrogens (tertiary/aromatic N) is 1. The third kappa shape index (κ3) is 4.14. The van der Waals surface area contributed by atoms with Crippen LogP contribution in [0.15, 0.2) is 12.2 Å². The van der Waals surface area contributed by atoms with Crippen molar-refractivity contribution >= 4 is 28.3 Å². The van der Waals surface area contributed by atoms with E-state index in [1.807, 2.05) is 0 Å². The predicted molar refractivity (Wildman–Crippen MR) is 65.3 cm³/mol. The molecule has 0 aliphatic carbocycles. The standard InChI is InChI=1S/C10H17NS2/c1-10(2,3)13-9(12)11-7-5-4-6-8-11/h4-5H,6-8H2,1-3H3. The minimum atomic E-state index is 0.234. The second-order valence-electron chi connectivity index (χ2n) is 4.19. The summed E-state index contributed by atoms with van der Waals surface area (Å²) < 4.78 is 1.27. The molecule has 0 bridgehead atoms. The summed E-state index contributed by atoms with van der Waals surface area (Å²) in [6, 6.07) is 0. The van der Waals surface area contributed by atoms with Crippen LogP contribution < -0.4 is 0 Å². The van der Waals surface area contributed by atoms with Crippen molar-refractivity contribution in [3.8, 4) is 0 Å². The molecule has 3 heteroatoms. The molecule has 0 aromatic rings. The van der Waals surface area contributed by atoms with Crippen molar-refractivity contribution in [2.75, 3.05) is 13.1 Å². The topological polar surface area (TPSA) is 3.24 Å². The molecule has 0 fully saturated rings. The molecule has 74 valence electrons. The quantitative estimate of drug-likeness (QED) is 0.451. The van der Waals surface area contributed by atoms with Crippen LogP contribution in [0.4, 0.5) is 0 Å². The molecule has 1 nitrogen and oxygen atoms in total. The summed E-state index contributed by atoms with van der Waals surface area (Å²) >= 11 is 7.16. The molecule has 0 saturated carbocycles. The van der Waals surface area contributed by atoms with Crippen LogP contribution in [-0.2, 0) is 0 Å². The lowest BCUT2D eigenvalue weighted by Crippen LogP contribution is -2.32. The highest BCUT2D eigenvalue weighted by Crippen LogP contribution is 2.27. The van der Waals surface area contributed by atoms with Gasteiger partial charge >= 0.3 is 0 Å². The lowest BCUT2D eigenvalue weighted by atomic mass is 10.3. The summed E-state index contributed by atoms with van der Waals surface area (Å²) in [7, 11) is 0. The van der Waals surface area contributed by atoms with Crippen LogP contribution in [0.1, 0.15) is 27.2 Å². The summed E-state index contributed by atoms with van der Waals surface area (Å²) in [5.41, 5.74) is 0. The van der Waals surface area contributed by atoms with E-state index in [1.165, 1.54) is 0 Å². The van der Waals surface area contributed by atoms with Gasteiger partial charge in [0.15, 0.2) is 0 Å². The minimum Gasteiger partial charge on any atom is -0.353 e. The Hall–Kier alpha value is -0.0200. The van der Waals surface area contributed by atoms with Crippen molar-refractivity contribution < 1.29 is 0 Å². The molecule has 0 aromatic carbocycles. The van der Waals surface area contributed by atoms with Crippen molar-refractivity contribution in [1.29, 1.82) is 0 Å². The fraction of sp³-hybridized carbons (Fsp3) is 0.700. The van der Waals surface area contributed by atoms with E-state index in [0.29, 0.717) is 0 Å². The third-order valence-corrected chi connectivity index (χ3v) is 3.26. The van der Waals surface area contributed by atoms with Crippen LogP contribution in [0.2, 0.25) is 0 Å². The Morgan fingerprint density at radius 2 is 2.08 bits per heavy atom. The molecule has 1 aliphatic heterocycles. The Balaban J connectivity index is 2.43. The second-order valence-corrected chi connectivity index (χ2v) is 6.65. The lowest BCUT2D eigenvalue weighted by Gasteiger charge is -2.29. The number of hydrogen-bond acceptors (Lipinski definition) is 2. The van der Waals surface area contributed by atoms with Gasteiger partial charge in [-0.15, -0.1) is 0 Å². The molecule has 0 unspecified atom stereocenters. The molecule has 0 atom stereocenters. The Bertz CT molecular complexity index is 215. The zero-order valence-electron chi connectivity index (χ0n) is 8.54. The third-order valence-electron chi connectivity index (χ3n) is 1.71. The predicted octanol–water partition coefficient (Wildman–Crippen LogP) is 3.06. The molecule has 0 aromatic heterocycles. The first kappa shape index (κ1) is 11.1. The molecule has 0 saturated heterocycles. The summed E-state index contributed by atoms with van der Waals surface area (Å²) in [6.07, 6.45) is 5.55. The van der Waals surface area contributed by atoms with E-state index in [9.17, 15) is 0 Å². The van der Waals surface area contributed by atoms with Crippen molar-refractivity contribution in [2.45, 2.75) is 31.9 Å². The largest absolute Gasteiger partial charge is 0.353 e. The normalized spacial score (nSPS) is 17.6. The van der Waals surface area contributed by atoms with Crippen molar-refractivity contribution in [3.63, 3.8) is 0 Å². The average molecular weight is 215 g/mol. The minimum absolute atomic E-state index is 0.234. The first-order valence-corrected chi connectivity index (χ1v) is 5.84. The van der Waals surface area contributed by atoms with Gasteiger partial charge in [-0.3, -0.25) is 0 Å². The summed E-state index contributed by atoms with van der Waals surface area (Å²) in [5.74, 6) is 0. The maximum Gasteiger partial charge on any atom is 0.137 e. The van der Waals surface area contributed by atoms with E-state index in [-0.39, 0.29) is 4.75 Å². The van der Waals surface area contributed by atoms with E-state index in [1.54, 1.807) is 11.8 Å². The maximum atomic E-state index is 5.38. The molecule has 1 heterocycles. The van der Waals surface area contributed by atoms with Gasteiger partial charge in [0.25, 0.3) is 0 Å². The summed E-state index contributed by atoms with van der Waals surface area (Å²) in [6.45, 7) is 8.66. The Morgan fingerprint density at radius 1 is 1.38 bits per heavy atom. The zero-order valence-corrected chi connectivity index (χ0v) is 10.2. The Labute approximate surface area is 90.6 Å². The average Bonchev–Trinajstić information content (AvgIpc) is 2.03. The highest BCUT2D eigenvalue weighted by Gasteiger charge is 2.18. The lowest BCUT2D eigenvalue weighted by molar-refractivity contribution is 0.469. The molecule has 0 amide bonds. The van der Waals surface area contributed by atoms with Gasteiger partial charge in [-0.25, -0.2) is 0 Å². The zero-order chi connectivity index (χ0) is 9.90. The van der Waals surface area contributed by atoms with Crippen LogP contribution in [0.5, 0.6) is 0 Å². The fourth-order valence-corrected chi connectivity index (χ4v) is 2.87. The monoisotopic (exact) mass is 215 g/mol. The van der Waals surface area contributed by atoms with Crippen molar-refractivity contribution in [2.24, 2.45) is 0 Å². The first-order chi connectivity index (χ1) is 5.99. The molecular weight excluding hydrogens is 198 g/mol. The van der Waals surface area contributed by atoms with Gasteiger partial charge in [-0.2, -0.15) is 0 Å².